The van der Waals surface area contributed by atoms with Gasteiger partial charge in [-0.1, -0.05) is 41.6 Å². The number of hydrogen-bond acceptors (Lipinski definition) is 5. The van der Waals surface area contributed by atoms with E-state index in [1.54, 1.807) is 11.8 Å². The standard InChI is InChI=1S/C25H27NO3S/c1-17-2-5-21(6-3-17)30-22-7-9-24-20(14-22)13-19-12-18(4-8-23(19)29-24)10-11-25(26,15-27)16-28/h2-9,12,14,27-28H,10-11,13,15-16,26H2,1H3. The second kappa shape index (κ2) is 8.82. The fourth-order valence-corrected chi connectivity index (χ4v) is 4.43. The molecule has 0 aliphatic carbocycles. The molecule has 0 aromatic heterocycles. The monoisotopic (exact) mass is 421 g/mol. The van der Waals surface area contributed by atoms with Crippen molar-refractivity contribution in [2.75, 3.05) is 13.2 Å². The first-order valence-corrected chi connectivity index (χ1v) is 11.0. The van der Waals surface area contributed by atoms with Crippen LogP contribution in [-0.4, -0.2) is 29.0 Å². The van der Waals surface area contributed by atoms with Gasteiger partial charge in [0, 0.05) is 21.8 Å². The molecule has 0 saturated carbocycles. The van der Waals surface area contributed by atoms with E-state index in [1.165, 1.54) is 20.9 Å². The molecule has 0 radical (unpaired) electrons. The number of aliphatic hydroxyl groups excluding tert-OH is 2. The van der Waals surface area contributed by atoms with Gasteiger partial charge in [0.05, 0.1) is 18.8 Å². The Kier molecular flexibility index (Phi) is 6.16. The van der Waals surface area contributed by atoms with Crippen molar-refractivity contribution in [1.82, 2.24) is 0 Å². The lowest BCUT2D eigenvalue weighted by Gasteiger charge is -2.25. The minimum Gasteiger partial charge on any atom is -0.457 e. The maximum Gasteiger partial charge on any atom is 0.131 e. The number of hydrogen-bond donors (Lipinski definition) is 3. The third-order valence-corrected chi connectivity index (χ3v) is 6.55. The van der Waals surface area contributed by atoms with Gasteiger partial charge in [-0.05, 0) is 67.3 Å². The molecule has 0 amide bonds. The van der Waals surface area contributed by atoms with Crippen molar-refractivity contribution in [1.29, 1.82) is 0 Å². The molecule has 0 fully saturated rings. The minimum atomic E-state index is -0.943. The molecular weight excluding hydrogens is 394 g/mol. The first-order chi connectivity index (χ1) is 14.5. The average Bonchev–Trinajstić information content (AvgIpc) is 2.77. The lowest BCUT2D eigenvalue weighted by atomic mass is 9.92. The van der Waals surface area contributed by atoms with Crippen molar-refractivity contribution < 1.29 is 14.9 Å². The van der Waals surface area contributed by atoms with Crippen LogP contribution in [-0.2, 0) is 12.8 Å². The number of benzene rings is 3. The van der Waals surface area contributed by atoms with Gasteiger partial charge in [-0.25, -0.2) is 0 Å². The van der Waals surface area contributed by atoms with Gasteiger partial charge < -0.3 is 20.7 Å². The average molecular weight is 422 g/mol. The van der Waals surface area contributed by atoms with E-state index in [0.717, 1.165) is 29.0 Å². The number of fused-ring (bicyclic) bond motifs is 2. The molecule has 3 aromatic carbocycles. The highest BCUT2D eigenvalue weighted by Crippen LogP contribution is 2.40. The molecule has 1 aliphatic heterocycles. The molecule has 156 valence electrons. The summed E-state index contributed by atoms with van der Waals surface area (Å²) in [5.74, 6) is 1.79. The van der Waals surface area contributed by atoms with Crippen molar-refractivity contribution in [2.45, 2.75) is 41.5 Å². The zero-order valence-corrected chi connectivity index (χ0v) is 17.9. The summed E-state index contributed by atoms with van der Waals surface area (Å²) >= 11 is 1.75. The fourth-order valence-electron chi connectivity index (χ4n) is 3.55. The Balaban J connectivity index is 1.49. The summed E-state index contributed by atoms with van der Waals surface area (Å²) in [4.78, 5) is 2.41. The second-order valence-electron chi connectivity index (χ2n) is 8.08. The van der Waals surface area contributed by atoms with Crippen LogP contribution in [0, 0.1) is 6.92 Å². The summed E-state index contributed by atoms with van der Waals surface area (Å²) in [7, 11) is 0. The molecule has 0 spiro atoms. The largest absolute Gasteiger partial charge is 0.457 e. The van der Waals surface area contributed by atoms with E-state index in [-0.39, 0.29) is 13.2 Å². The highest BCUT2D eigenvalue weighted by Gasteiger charge is 2.23. The quantitative estimate of drug-likeness (QED) is 0.411. The summed E-state index contributed by atoms with van der Waals surface area (Å²) < 4.78 is 6.13. The maximum atomic E-state index is 9.40. The van der Waals surface area contributed by atoms with Crippen molar-refractivity contribution in [3.8, 4) is 11.5 Å². The zero-order chi connectivity index (χ0) is 21.1. The van der Waals surface area contributed by atoms with Crippen LogP contribution in [0.5, 0.6) is 11.5 Å². The van der Waals surface area contributed by atoms with Gasteiger partial charge in [-0.3, -0.25) is 0 Å². The highest BCUT2D eigenvalue weighted by molar-refractivity contribution is 7.99. The fraction of sp³-hybridized carbons (Fsp3) is 0.280. The Morgan fingerprint density at radius 2 is 1.53 bits per heavy atom. The number of aliphatic hydroxyl groups is 2. The summed E-state index contributed by atoms with van der Waals surface area (Å²) in [5.41, 5.74) is 9.77. The Bertz CT molecular complexity index is 1030. The zero-order valence-electron chi connectivity index (χ0n) is 17.1. The van der Waals surface area contributed by atoms with Crippen molar-refractivity contribution in [3.05, 3.63) is 82.9 Å². The molecule has 3 aromatic rings. The van der Waals surface area contributed by atoms with Gasteiger partial charge in [0.15, 0.2) is 0 Å². The third-order valence-electron chi connectivity index (χ3n) is 5.56. The number of aryl methyl sites for hydroxylation is 2. The molecule has 5 heteroatoms. The van der Waals surface area contributed by atoms with Crippen LogP contribution in [0.2, 0.25) is 0 Å². The van der Waals surface area contributed by atoms with Crippen LogP contribution < -0.4 is 10.5 Å². The summed E-state index contributed by atoms with van der Waals surface area (Å²) in [6, 6.07) is 21.1. The summed E-state index contributed by atoms with van der Waals surface area (Å²) in [5, 5.41) is 18.8. The van der Waals surface area contributed by atoms with E-state index in [9.17, 15) is 10.2 Å². The molecule has 0 saturated heterocycles. The Morgan fingerprint density at radius 1 is 0.900 bits per heavy atom. The predicted octanol–water partition coefficient (Wildman–Crippen LogP) is 4.46. The van der Waals surface area contributed by atoms with E-state index in [4.69, 9.17) is 10.5 Å². The maximum absolute atomic E-state index is 9.40. The van der Waals surface area contributed by atoms with Gasteiger partial charge in [0.25, 0.3) is 0 Å². The lowest BCUT2D eigenvalue weighted by molar-refractivity contribution is 0.115. The number of nitrogens with two attached hydrogens (primary N) is 1. The van der Waals surface area contributed by atoms with Crippen molar-refractivity contribution >= 4 is 11.8 Å². The van der Waals surface area contributed by atoms with Gasteiger partial charge in [0.2, 0.25) is 0 Å². The smallest absolute Gasteiger partial charge is 0.131 e. The first kappa shape index (κ1) is 20.9. The summed E-state index contributed by atoms with van der Waals surface area (Å²) in [6.07, 6.45) is 2.03. The lowest BCUT2D eigenvalue weighted by Crippen LogP contribution is -2.47. The predicted molar refractivity (Wildman–Crippen MR) is 120 cm³/mol. The van der Waals surface area contributed by atoms with E-state index >= 15 is 0 Å². The van der Waals surface area contributed by atoms with E-state index in [1.807, 2.05) is 18.2 Å². The first-order valence-electron chi connectivity index (χ1n) is 10.2. The van der Waals surface area contributed by atoms with Crippen LogP contribution >= 0.6 is 11.8 Å². The Labute approximate surface area is 181 Å². The molecule has 1 aliphatic rings. The number of rotatable bonds is 7. The topological polar surface area (TPSA) is 75.7 Å². The highest BCUT2D eigenvalue weighted by atomic mass is 32.2. The molecule has 30 heavy (non-hydrogen) atoms. The normalized spacial score (nSPS) is 12.8. The molecule has 0 bridgehead atoms. The van der Waals surface area contributed by atoms with Crippen LogP contribution in [0.4, 0.5) is 0 Å². The molecule has 4 rings (SSSR count). The van der Waals surface area contributed by atoms with Crippen molar-refractivity contribution in [3.63, 3.8) is 0 Å². The van der Waals surface area contributed by atoms with Crippen LogP contribution in [0.25, 0.3) is 0 Å². The molecule has 1 heterocycles. The molecule has 0 atom stereocenters. The van der Waals surface area contributed by atoms with E-state index < -0.39 is 5.54 Å². The van der Waals surface area contributed by atoms with Gasteiger partial charge in [-0.15, -0.1) is 0 Å². The van der Waals surface area contributed by atoms with Gasteiger partial charge in [-0.2, -0.15) is 0 Å². The minimum absolute atomic E-state index is 0.230. The summed E-state index contributed by atoms with van der Waals surface area (Å²) in [6.45, 7) is 1.64. The van der Waals surface area contributed by atoms with Crippen LogP contribution in [0.15, 0.2) is 70.5 Å². The second-order valence-corrected chi connectivity index (χ2v) is 9.23. The van der Waals surface area contributed by atoms with E-state index in [0.29, 0.717) is 12.8 Å². The SMILES string of the molecule is Cc1ccc(Sc2ccc3c(c2)Cc2cc(CCC(N)(CO)CO)ccc2O3)cc1. The van der Waals surface area contributed by atoms with Crippen LogP contribution in [0.3, 0.4) is 0 Å². The third kappa shape index (κ3) is 4.71. The Hall–Kier alpha value is -2.31. The van der Waals surface area contributed by atoms with Gasteiger partial charge in [0.1, 0.15) is 11.5 Å². The van der Waals surface area contributed by atoms with Gasteiger partial charge >= 0.3 is 0 Å². The molecule has 4 nitrogen and oxygen atoms in total. The number of ether oxygens (including phenoxy) is 1. The van der Waals surface area contributed by atoms with E-state index in [2.05, 4.69) is 49.4 Å². The molecule has 4 N–H and O–H groups in total. The Morgan fingerprint density at radius 3 is 2.23 bits per heavy atom. The van der Waals surface area contributed by atoms with Crippen molar-refractivity contribution in [2.24, 2.45) is 5.73 Å². The molecule has 0 unspecified atom stereocenters. The molecular formula is C25H27NO3S. The van der Waals surface area contributed by atoms with Crippen LogP contribution in [0.1, 0.15) is 28.7 Å².